The third-order valence-electron chi connectivity index (χ3n) is 3.12. The van der Waals surface area contributed by atoms with Gasteiger partial charge in [-0.1, -0.05) is 12.1 Å². The summed E-state index contributed by atoms with van der Waals surface area (Å²) in [4.78, 5) is 12.1. The van der Waals surface area contributed by atoms with E-state index in [9.17, 15) is 18.0 Å². The second-order valence-corrected chi connectivity index (χ2v) is 4.70. The predicted octanol–water partition coefficient (Wildman–Crippen LogP) is 4.44. The molecule has 0 saturated carbocycles. The maximum absolute atomic E-state index is 12.2. The molecule has 0 fully saturated rings. The van der Waals surface area contributed by atoms with E-state index in [1.54, 1.807) is 19.1 Å². The molecule has 128 valence electrons. The van der Waals surface area contributed by atoms with Crippen molar-refractivity contribution in [1.82, 2.24) is 0 Å². The molecule has 24 heavy (non-hydrogen) atoms. The monoisotopic (exact) mass is 340 g/mol. The number of hydrogen-bond acceptors (Lipinski definition) is 4. The number of ether oxygens (including phenoxy) is 3. The van der Waals surface area contributed by atoms with Crippen molar-refractivity contribution >= 4 is 5.97 Å². The fourth-order valence-electron chi connectivity index (χ4n) is 2.12. The third-order valence-corrected chi connectivity index (χ3v) is 3.12. The zero-order valence-electron chi connectivity index (χ0n) is 13.0. The Kier molecular flexibility index (Phi) is 5.33. The number of esters is 1. The third kappa shape index (κ3) is 4.41. The van der Waals surface area contributed by atoms with Crippen molar-refractivity contribution in [1.29, 1.82) is 0 Å². The molecule has 4 nitrogen and oxygen atoms in total. The molecule has 2 aromatic rings. The molecule has 0 heterocycles. The highest BCUT2D eigenvalue weighted by Gasteiger charge is 2.31. The Morgan fingerprint density at radius 2 is 1.67 bits per heavy atom. The summed E-state index contributed by atoms with van der Waals surface area (Å²) in [5, 5.41) is 0. The Bertz CT molecular complexity index is 709. The molecule has 0 N–H and O–H groups in total. The molecule has 0 unspecified atom stereocenters. The lowest BCUT2D eigenvalue weighted by Gasteiger charge is -2.12. The van der Waals surface area contributed by atoms with E-state index in [-0.39, 0.29) is 17.9 Å². The van der Waals surface area contributed by atoms with Crippen molar-refractivity contribution in [2.45, 2.75) is 13.3 Å². The number of rotatable bonds is 5. The van der Waals surface area contributed by atoms with E-state index in [0.29, 0.717) is 16.9 Å². The van der Waals surface area contributed by atoms with Crippen LogP contribution in [0.4, 0.5) is 13.2 Å². The van der Waals surface area contributed by atoms with Crippen LogP contribution in [0.25, 0.3) is 11.1 Å². The van der Waals surface area contributed by atoms with Crippen LogP contribution >= 0.6 is 0 Å². The first-order valence-corrected chi connectivity index (χ1v) is 7.05. The van der Waals surface area contributed by atoms with Gasteiger partial charge >= 0.3 is 12.3 Å². The number of carbonyl (C=O) groups excluding carboxylic acids is 1. The van der Waals surface area contributed by atoms with Gasteiger partial charge in [-0.25, -0.2) is 4.79 Å². The van der Waals surface area contributed by atoms with Gasteiger partial charge in [0.2, 0.25) is 0 Å². The first-order chi connectivity index (χ1) is 11.3. The number of methoxy groups -OCH3 is 1. The van der Waals surface area contributed by atoms with Crippen molar-refractivity contribution in [2.24, 2.45) is 0 Å². The molecule has 0 bridgehead atoms. The molecule has 7 heteroatoms. The van der Waals surface area contributed by atoms with Gasteiger partial charge in [0.1, 0.15) is 11.5 Å². The van der Waals surface area contributed by atoms with Gasteiger partial charge < -0.3 is 14.2 Å². The van der Waals surface area contributed by atoms with E-state index >= 15 is 0 Å². The molecule has 2 rings (SSSR count). The summed E-state index contributed by atoms with van der Waals surface area (Å²) < 4.78 is 50.6. The quantitative estimate of drug-likeness (QED) is 0.755. The first-order valence-electron chi connectivity index (χ1n) is 7.05. The normalized spacial score (nSPS) is 11.0. The number of halogens is 3. The van der Waals surface area contributed by atoms with Crippen LogP contribution in [0.15, 0.2) is 42.5 Å². The van der Waals surface area contributed by atoms with Crippen LogP contribution in [0.1, 0.15) is 17.3 Å². The fraction of sp³-hybridized carbons (Fsp3) is 0.235. The van der Waals surface area contributed by atoms with Gasteiger partial charge in [-0.2, -0.15) is 0 Å². The Balaban J connectivity index is 2.38. The van der Waals surface area contributed by atoms with Crippen molar-refractivity contribution in [3.8, 4) is 22.6 Å². The van der Waals surface area contributed by atoms with E-state index in [2.05, 4.69) is 4.74 Å². The summed E-state index contributed by atoms with van der Waals surface area (Å²) in [6.07, 6.45) is -4.75. The van der Waals surface area contributed by atoms with E-state index < -0.39 is 12.3 Å². The second kappa shape index (κ2) is 7.25. The highest BCUT2D eigenvalue weighted by Crippen LogP contribution is 2.30. The Morgan fingerprint density at radius 1 is 1.04 bits per heavy atom. The average Bonchev–Trinajstić information content (AvgIpc) is 2.54. The molecule has 0 aromatic heterocycles. The summed E-state index contributed by atoms with van der Waals surface area (Å²) in [6, 6.07) is 10.1. The molecule has 2 aromatic carbocycles. The van der Waals surface area contributed by atoms with Crippen LogP contribution in [-0.4, -0.2) is 26.0 Å². The number of carbonyl (C=O) groups is 1. The number of alkyl halides is 3. The lowest BCUT2D eigenvalue weighted by Crippen LogP contribution is -2.16. The standard InChI is InChI=1S/C17H15F3O4/c1-3-23-16(21)15-10-13(22-2)8-9-14(15)11-4-6-12(7-5-11)24-17(18,19)20/h4-10H,3H2,1-2H3. The van der Waals surface area contributed by atoms with E-state index in [0.717, 1.165) is 0 Å². The van der Waals surface area contributed by atoms with Gasteiger partial charge in [0, 0.05) is 0 Å². The van der Waals surface area contributed by atoms with Gasteiger partial charge in [0.15, 0.2) is 0 Å². The Hall–Kier alpha value is -2.70. The van der Waals surface area contributed by atoms with Crippen LogP contribution in [0.2, 0.25) is 0 Å². The molecule has 0 spiro atoms. The van der Waals surface area contributed by atoms with Crippen LogP contribution in [0, 0.1) is 0 Å². The summed E-state index contributed by atoms with van der Waals surface area (Å²) >= 11 is 0. The summed E-state index contributed by atoms with van der Waals surface area (Å²) in [5.74, 6) is -0.404. The summed E-state index contributed by atoms with van der Waals surface area (Å²) in [6.45, 7) is 1.88. The van der Waals surface area contributed by atoms with Gasteiger partial charge in [-0.05, 0) is 48.4 Å². The highest BCUT2D eigenvalue weighted by molar-refractivity contribution is 5.97. The molecule has 0 aliphatic carbocycles. The van der Waals surface area contributed by atoms with Crippen molar-refractivity contribution in [2.75, 3.05) is 13.7 Å². The van der Waals surface area contributed by atoms with Gasteiger partial charge in [0.25, 0.3) is 0 Å². The average molecular weight is 340 g/mol. The van der Waals surface area contributed by atoms with E-state index in [1.807, 2.05) is 0 Å². The Morgan fingerprint density at radius 3 is 2.21 bits per heavy atom. The van der Waals surface area contributed by atoms with Crippen molar-refractivity contribution < 1.29 is 32.2 Å². The lowest BCUT2D eigenvalue weighted by atomic mass is 9.99. The molecule has 0 radical (unpaired) electrons. The Labute approximate surface area is 136 Å². The lowest BCUT2D eigenvalue weighted by molar-refractivity contribution is -0.274. The van der Waals surface area contributed by atoms with Crippen LogP contribution in [0.3, 0.4) is 0 Å². The van der Waals surface area contributed by atoms with Crippen LogP contribution < -0.4 is 9.47 Å². The molecular formula is C17H15F3O4. The molecular weight excluding hydrogens is 325 g/mol. The molecule has 0 atom stereocenters. The van der Waals surface area contributed by atoms with Gasteiger partial charge in [0.05, 0.1) is 19.3 Å². The van der Waals surface area contributed by atoms with Crippen LogP contribution in [-0.2, 0) is 4.74 Å². The minimum Gasteiger partial charge on any atom is -0.497 e. The minimum atomic E-state index is -4.75. The number of benzene rings is 2. The maximum atomic E-state index is 12.2. The molecule has 0 aliphatic heterocycles. The van der Waals surface area contributed by atoms with Gasteiger partial charge in [-0.3, -0.25) is 0 Å². The highest BCUT2D eigenvalue weighted by atomic mass is 19.4. The summed E-state index contributed by atoms with van der Waals surface area (Å²) in [5.41, 5.74) is 1.34. The predicted molar refractivity (Wildman–Crippen MR) is 81.1 cm³/mol. The molecule has 0 amide bonds. The zero-order valence-corrected chi connectivity index (χ0v) is 13.0. The first kappa shape index (κ1) is 17.7. The van der Waals surface area contributed by atoms with Crippen molar-refractivity contribution in [3.63, 3.8) is 0 Å². The van der Waals surface area contributed by atoms with Crippen molar-refractivity contribution in [3.05, 3.63) is 48.0 Å². The second-order valence-electron chi connectivity index (χ2n) is 4.70. The van der Waals surface area contributed by atoms with E-state index in [1.165, 1.54) is 37.4 Å². The maximum Gasteiger partial charge on any atom is 0.573 e. The smallest absolute Gasteiger partial charge is 0.497 e. The van der Waals surface area contributed by atoms with E-state index in [4.69, 9.17) is 9.47 Å². The molecule has 0 aliphatic rings. The zero-order chi connectivity index (χ0) is 17.7. The molecule has 0 saturated heterocycles. The van der Waals surface area contributed by atoms with Gasteiger partial charge in [-0.15, -0.1) is 13.2 Å². The minimum absolute atomic E-state index is 0.202. The summed E-state index contributed by atoms with van der Waals surface area (Å²) in [7, 11) is 1.47. The number of hydrogen-bond donors (Lipinski definition) is 0. The topological polar surface area (TPSA) is 44.8 Å². The SMILES string of the molecule is CCOC(=O)c1cc(OC)ccc1-c1ccc(OC(F)(F)F)cc1. The van der Waals surface area contributed by atoms with Crippen LogP contribution in [0.5, 0.6) is 11.5 Å². The fourth-order valence-corrected chi connectivity index (χ4v) is 2.12. The largest absolute Gasteiger partial charge is 0.573 e.